The Bertz CT molecular complexity index is 488. The molecule has 1 aromatic carbocycles. The molecule has 0 spiro atoms. The highest BCUT2D eigenvalue weighted by molar-refractivity contribution is 5.96. The summed E-state index contributed by atoms with van der Waals surface area (Å²) in [7, 11) is 0. The van der Waals surface area contributed by atoms with Crippen molar-refractivity contribution in [2.75, 3.05) is 19.6 Å². The van der Waals surface area contributed by atoms with Crippen molar-refractivity contribution in [3.63, 3.8) is 0 Å². The zero-order valence-corrected chi connectivity index (χ0v) is 10.2. The third kappa shape index (κ3) is 2.67. The Labute approximate surface area is 105 Å². The second-order valence-electron chi connectivity index (χ2n) is 4.39. The Balaban J connectivity index is 2.19. The van der Waals surface area contributed by atoms with Crippen molar-refractivity contribution in [3.8, 4) is 0 Å². The number of nitrogens with zero attached hydrogens (tertiary/aromatic N) is 1. The molecule has 1 heterocycles. The molecule has 18 heavy (non-hydrogen) atoms. The standard InChI is InChI=1S/C13H15FN2O2/c1-9-3-4-10(7-11(9)14)13(18)16-6-2-5-15-12(17)8-16/h3-4,7H,2,5-6,8H2,1H3,(H,15,17). The number of rotatable bonds is 1. The molecule has 0 unspecified atom stereocenters. The van der Waals surface area contributed by atoms with Crippen LogP contribution in [0.3, 0.4) is 0 Å². The fraction of sp³-hybridized carbons (Fsp3) is 0.385. The van der Waals surface area contributed by atoms with Gasteiger partial charge in [0.15, 0.2) is 0 Å². The Morgan fingerprint density at radius 1 is 1.44 bits per heavy atom. The first-order valence-corrected chi connectivity index (χ1v) is 5.90. The van der Waals surface area contributed by atoms with Gasteiger partial charge in [-0.3, -0.25) is 9.59 Å². The van der Waals surface area contributed by atoms with E-state index in [0.29, 0.717) is 25.1 Å². The predicted octanol–water partition coefficient (Wildman–Crippen LogP) is 1.10. The molecule has 2 amide bonds. The molecule has 5 heteroatoms. The summed E-state index contributed by atoms with van der Waals surface area (Å²) in [5, 5.41) is 2.69. The van der Waals surface area contributed by atoms with Gasteiger partial charge in [0, 0.05) is 18.7 Å². The SMILES string of the molecule is Cc1ccc(C(=O)N2CCCNC(=O)C2)cc1F. The van der Waals surface area contributed by atoms with Crippen LogP contribution in [0.25, 0.3) is 0 Å². The van der Waals surface area contributed by atoms with Crippen molar-refractivity contribution in [1.82, 2.24) is 10.2 Å². The van der Waals surface area contributed by atoms with E-state index in [-0.39, 0.29) is 23.9 Å². The van der Waals surface area contributed by atoms with E-state index in [4.69, 9.17) is 0 Å². The molecule has 4 nitrogen and oxygen atoms in total. The number of hydrogen-bond donors (Lipinski definition) is 1. The van der Waals surface area contributed by atoms with Gasteiger partial charge in [0.25, 0.3) is 5.91 Å². The zero-order valence-electron chi connectivity index (χ0n) is 10.2. The van der Waals surface area contributed by atoms with Gasteiger partial charge in [0.1, 0.15) is 5.82 Å². The van der Waals surface area contributed by atoms with Gasteiger partial charge in [-0.25, -0.2) is 4.39 Å². The summed E-state index contributed by atoms with van der Waals surface area (Å²) < 4.78 is 13.4. The molecule has 1 fully saturated rings. The summed E-state index contributed by atoms with van der Waals surface area (Å²) >= 11 is 0. The van der Waals surface area contributed by atoms with E-state index in [0.717, 1.165) is 0 Å². The lowest BCUT2D eigenvalue weighted by Crippen LogP contribution is -2.37. The molecule has 1 aliphatic heterocycles. The number of amides is 2. The lowest BCUT2D eigenvalue weighted by Gasteiger charge is -2.19. The van der Waals surface area contributed by atoms with Crippen LogP contribution >= 0.6 is 0 Å². The first kappa shape index (κ1) is 12.5. The Morgan fingerprint density at radius 3 is 2.94 bits per heavy atom. The molecule has 2 rings (SSSR count). The van der Waals surface area contributed by atoms with E-state index < -0.39 is 5.82 Å². The molecule has 1 aliphatic rings. The van der Waals surface area contributed by atoms with Gasteiger partial charge in [0.05, 0.1) is 6.54 Å². The second kappa shape index (κ2) is 5.16. The van der Waals surface area contributed by atoms with Crippen LogP contribution in [0.4, 0.5) is 4.39 Å². The molecule has 0 bridgehead atoms. The highest BCUT2D eigenvalue weighted by atomic mass is 19.1. The van der Waals surface area contributed by atoms with Crippen LogP contribution in [0.2, 0.25) is 0 Å². The Hall–Kier alpha value is -1.91. The maximum absolute atomic E-state index is 13.4. The molecule has 0 radical (unpaired) electrons. The fourth-order valence-corrected chi connectivity index (χ4v) is 1.89. The highest BCUT2D eigenvalue weighted by Crippen LogP contribution is 2.12. The minimum atomic E-state index is -0.403. The summed E-state index contributed by atoms with van der Waals surface area (Å²) in [5.74, 6) is -0.875. The third-order valence-corrected chi connectivity index (χ3v) is 2.97. The van der Waals surface area contributed by atoms with E-state index in [1.54, 1.807) is 19.1 Å². The minimum Gasteiger partial charge on any atom is -0.354 e. The monoisotopic (exact) mass is 250 g/mol. The number of benzene rings is 1. The molecule has 1 aromatic rings. The fourth-order valence-electron chi connectivity index (χ4n) is 1.89. The van der Waals surface area contributed by atoms with Crippen LogP contribution in [0.1, 0.15) is 22.3 Å². The number of hydrogen-bond acceptors (Lipinski definition) is 2. The van der Waals surface area contributed by atoms with Gasteiger partial charge in [-0.1, -0.05) is 6.07 Å². The molecular weight excluding hydrogens is 235 g/mol. The van der Waals surface area contributed by atoms with Gasteiger partial charge in [0.2, 0.25) is 5.91 Å². The van der Waals surface area contributed by atoms with Gasteiger partial charge >= 0.3 is 0 Å². The van der Waals surface area contributed by atoms with Crippen molar-refractivity contribution in [2.24, 2.45) is 0 Å². The molecule has 0 aromatic heterocycles. The maximum Gasteiger partial charge on any atom is 0.254 e. The topological polar surface area (TPSA) is 49.4 Å². The van der Waals surface area contributed by atoms with Crippen LogP contribution < -0.4 is 5.32 Å². The number of halogens is 1. The van der Waals surface area contributed by atoms with Gasteiger partial charge in [-0.05, 0) is 31.0 Å². The average Bonchev–Trinajstić information content (AvgIpc) is 2.56. The highest BCUT2D eigenvalue weighted by Gasteiger charge is 2.21. The quantitative estimate of drug-likeness (QED) is 0.811. The first-order chi connectivity index (χ1) is 8.58. The van der Waals surface area contributed by atoms with Gasteiger partial charge in [-0.15, -0.1) is 0 Å². The molecule has 96 valence electrons. The van der Waals surface area contributed by atoms with Crippen molar-refractivity contribution in [3.05, 3.63) is 35.1 Å². The van der Waals surface area contributed by atoms with E-state index in [9.17, 15) is 14.0 Å². The summed E-state index contributed by atoms with van der Waals surface area (Å²) in [6.07, 6.45) is 0.714. The summed E-state index contributed by atoms with van der Waals surface area (Å²) in [5.41, 5.74) is 0.785. The van der Waals surface area contributed by atoms with Crippen LogP contribution in [0.5, 0.6) is 0 Å². The van der Waals surface area contributed by atoms with Crippen LogP contribution in [-0.4, -0.2) is 36.3 Å². The second-order valence-corrected chi connectivity index (χ2v) is 4.39. The van der Waals surface area contributed by atoms with Gasteiger partial charge in [-0.2, -0.15) is 0 Å². The first-order valence-electron chi connectivity index (χ1n) is 5.90. The van der Waals surface area contributed by atoms with Crippen molar-refractivity contribution in [2.45, 2.75) is 13.3 Å². The molecule has 0 saturated carbocycles. The summed E-state index contributed by atoms with van der Waals surface area (Å²) in [6, 6.07) is 4.38. The summed E-state index contributed by atoms with van der Waals surface area (Å²) in [4.78, 5) is 25.0. The molecule has 0 aliphatic carbocycles. The average molecular weight is 250 g/mol. The number of carbonyl (C=O) groups excluding carboxylic acids is 2. The molecular formula is C13H15FN2O2. The number of carbonyl (C=O) groups is 2. The largest absolute Gasteiger partial charge is 0.354 e. The van der Waals surface area contributed by atoms with E-state index >= 15 is 0 Å². The van der Waals surface area contributed by atoms with Crippen LogP contribution in [0.15, 0.2) is 18.2 Å². The number of nitrogens with one attached hydrogen (secondary N) is 1. The summed E-state index contributed by atoms with van der Waals surface area (Å²) in [6.45, 7) is 2.76. The third-order valence-electron chi connectivity index (χ3n) is 2.97. The Morgan fingerprint density at radius 2 is 2.22 bits per heavy atom. The predicted molar refractivity (Wildman–Crippen MR) is 64.7 cm³/mol. The van der Waals surface area contributed by atoms with E-state index in [1.807, 2.05) is 0 Å². The normalized spacial score (nSPS) is 16.1. The van der Waals surface area contributed by atoms with Crippen molar-refractivity contribution in [1.29, 1.82) is 0 Å². The van der Waals surface area contributed by atoms with Crippen LogP contribution in [0, 0.1) is 12.7 Å². The molecule has 1 N–H and O–H groups in total. The lowest BCUT2D eigenvalue weighted by molar-refractivity contribution is -0.121. The smallest absolute Gasteiger partial charge is 0.254 e. The molecule has 1 saturated heterocycles. The van der Waals surface area contributed by atoms with E-state index in [2.05, 4.69) is 5.32 Å². The number of aryl methyl sites for hydroxylation is 1. The van der Waals surface area contributed by atoms with Crippen molar-refractivity contribution >= 4 is 11.8 Å². The Kier molecular flexibility index (Phi) is 3.60. The zero-order chi connectivity index (χ0) is 13.1. The van der Waals surface area contributed by atoms with Crippen LogP contribution in [-0.2, 0) is 4.79 Å². The lowest BCUT2D eigenvalue weighted by atomic mass is 10.1. The van der Waals surface area contributed by atoms with E-state index in [1.165, 1.54) is 11.0 Å². The minimum absolute atomic E-state index is 0.0360. The maximum atomic E-state index is 13.4. The van der Waals surface area contributed by atoms with Gasteiger partial charge < -0.3 is 10.2 Å². The van der Waals surface area contributed by atoms with Crippen molar-refractivity contribution < 1.29 is 14.0 Å². The molecule has 0 atom stereocenters.